The first-order valence-corrected chi connectivity index (χ1v) is 4.63. The lowest BCUT2D eigenvalue weighted by Crippen LogP contribution is -1.99. The van der Waals surface area contributed by atoms with E-state index in [1.165, 1.54) is 0 Å². The molecule has 0 unspecified atom stereocenters. The third-order valence-corrected chi connectivity index (χ3v) is 2.08. The van der Waals surface area contributed by atoms with Crippen LogP contribution < -0.4 is 5.73 Å². The Labute approximate surface area is 91.0 Å². The Morgan fingerprint density at radius 2 is 1.88 bits per heavy atom. The van der Waals surface area contributed by atoms with Gasteiger partial charge in [0.15, 0.2) is 0 Å². The Bertz CT molecular complexity index is 520. The van der Waals surface area contributed by atoms with Crippen molar-refractivity contribution in [2.45, 2.75) is 6.92 Å². The van der Waals surface area contributed by atoms with E-state index in [2.05, 4.69) is 9.97 Å². The van der Waals surface area contributed by atoms with Crippen molar-refractivity contribution < 1.29 is 8.78 Å². The molecule has 0 aliphatic rings. The molecule has 0 radical (unpaired) electrons. The largest absolute Gasteiger partial charge is 0.368 e. The van der Waals surface area contributed by atoms with Crippen LogP contribution in [0.4, 0.5) is 14.7 Å². The summed E-state index contributed by atoms with van der Waals surface area (Å²) in [4.78, 5) is 7.73. The van der Waals surface area contributed by atoms with Gasteiger partial charge >= 0.3 is 0 Å². The van der Waals surface area contributed by atoms with Crippen LogP contribution in [0.5, 0.6) is 0 Å². The van der Waals surface area contributed by atoms with Crippen LogP contribution in [0.25, 0.3) is 11.3 Å². The Morgan fingerprint density at radius 1 is 1.12 bits per heavy atom. The van der Waals surface area contributed by atoms with Crippen molar-refractivity contribution in [3.8, 4) is 11.3 Å². The summed E-state index contributed by atoms with van der Waals surface area (Å²) in [5.74, 6) is -1.02. The maximum absolute atomic E-state index is 13.5. The van der Waals surface area contributed by atoms with E-state index in [0.717, 1.165) is 18.2 Å². The summed E-state index contributed by atoms with van der Waals surface area (Å²) >= 11 is 0. The second kappa shape index (κ2) is 3.84. The summed E-state index contributed by atoms with van der Waals surface area (Å²) in [7, 11) is 0. The van der Waals surface area contributed by atoms with Crippen molar-refractivity contribution in [2.24, 2.45) is 0 Å². The number of nitrogen functional groups attached to an aromatic ring is 1. The van der Waals surface area contributed by atoms with Crippen LogP contribution in [0.2, 0.25) is 0 Å². The van der Waals surface area contributed by atoms with E-state index in [1.807, 2.05) is 0 Å². The molecule has 0 aliphatic carbocycles. The number of nitrogens with zero attached hydrogens (tertiary/aromatic N) is 2. The second-order valence-electron chi connectivity index (χ2n) is 3.38. The minimum absolute atomic E-state index is 0.0404. The molecule has 1 heterocycles. The molecule has 0 amide bonds. The maximum Gasteiger partial charge on any atom is 0.220 e. The Morgan fingerprint density at radius 3 is 2.56 bits per heavy atom. The molecule has 0 saturated heterocycles. The summed E-state index contributed by atoms with van der Waals surface area (Å²) < 4.78 is 26.4. The van der Waals surface area contributed by atoms with Crippen LogP contribution in [0.3, 0.4) is 0 Å². The number of anilines is 1. The number of hydrogen-bond acceptors (Lipinski definition) is 3. The summed E-state index contributed by atoms with van der Waals surface area (Å²) in [5, 5.41) is 0. The minimum Gasteiger partial charge on any atom is -0.368 e. The zero-order chi connectivity index (χ0) is 11.7. The monoisotopic (exact) mass is 221 g/mol. The van der Waals surface area contributed by atoms with Crippen LogP contribution in [0.1, 0.15) is 5.69 Å². The molecule has 1 aromatic heterocycles. The highest BCUT2D eigenvalue weighted by molar-refractivity contribution is 5.61. The molecule has 3 nitrogen and oxygen atoms in total. The fraction of sp³-hybridized carbons (Fsp3) is 0.0909. The highest BCUT2D eigenvalue weighted by Crippen LogP contribution is 2.22. The van der Waals surface area contributed by atoms with E-state index in [-0.39, 0.29) is 17.2 Å². The average molecular weight is 221 g/mol. The fourth-order valence-electron chi connectivity index (χ4n) is 1.42. The van der Waals surface area contributed by atoms with Crippen molar-refractivity contribution >= 4 is 5.95 Å². The standard InChI is InChI=1S/C11H9F2N3/c1-6-4-10(16-11(14)15-6)8-5-7(12)2-3-9(8)13/h2-5H,1H3,(H2,14,15,16). The lowest BCUT2D eigenvalue weighted by atomic mass is 10.1. The number of nitrogens with two attached hydrogens (primary N) is 1. The SMILES string of the molecule is Cc1cc(-c2cc(F)ccc2F)nc(N)n1. The lowest BCUT2D eigenvalue weighted by Gasteiger charge is -2.04. The molecule has 16 heavy (non-hydrogen) atoms. The van der Waals surface area contributed by atoms with E-state index in [0.29, 0.717) is 5.69 Å². The topological polar surface area (TPSA) is 51.8 Å². The number of hydrogen-bond donors (Lipinski definition) is 1. The van der Waals surface area contributed by atoms with Crippen molar-refractivity contribution in [3.05, 3.63) is 41.6 Å². The third-order valence-electron chi connectivity index (χ3n) is 2.08. The van der Waals surface area contributed by atoms with Gasteiger partial charge in [-0.2, -0.15) is 0 Å². The average Bonchev–Trinajstić information content (AvgIpc) is 2.20. The number of halogens is 2. The molecule has 0 bridgehead atoms. The number of benzene rings is 1. The zero-order valence-corrected chi connectivity index (χ0v) is 8.54. The van der Waals surface area contributed by atoms with Crippen molar-refractivity contribution in [1.82, 2.24) is 9.97 Å². The van der Waals surface area contributed by atoms with Crippen molar-refractivity contribution in [2.75, 3.05) is 5.73 Å². The molecule has 1 aromatic carbocycles. The molecule has 0 spiro atoms. The molecule has 2 N–H and O–H groups in total. The summed E-state index contributed by atoms with van der Waals surface area (Å²) in [6.07, 6.45) is 0. The van der Waals surface area contributed by atoms with Crippen molar-refractivity contribution in [1.29, 1.82) is 0 Å². The van der Waals surface area contributed by atoms with Gasteiger partial charge in [0.2, 0.25) is 5.95 Å². The van der Waals surface area contributed by atoms with Crippen LogP contribution in [-0.4, -0.2) is 9.97 Å². The van der Waals surface area contributed by atoms with Gasteiger partial charge in [-0.3, -0.25) is 0 Å². The molecule has 0 saturated carbocycles. The van der Waals surface area contributed by atoms with Gasteiger partial charge in [-0.25, -0.2) is 18.7 Å². The number of rotatable bonds is 1. The van der Waals surface area contributed by atoms with Crippen LogP contribution >= 0.6 is 0 Å². The molecular weight excluding hydrogens is 212 g/mol. The van der Waals surface area contributed by atoms with Crippen LogP contribution in [-0.2, 0) is 0 Å². The molecule has 2 aromatic rings. The van der Waals surface area contributed by atoms with Crippen molar-refractivity contribution in [3.63, 3.8) is 0 Å². The van der Waals surface area contributed by atoms with Gasteiger partial charge in [-0.1, -0.05) is 0 Å². The molecule has 0 atom stereocenters. The van der Waals surface area contributed by atoms with E-state index < -0.39 is 11.6 Å². The fourth-order valence-corrected chi connectivity index (χ4v) is 1.42. The highest BCUT2D eigenvalue weighted by Gasteiger charge is 2.09. The minimum atomic E-state index is -0.543. The Kier molecular flexibility index (Phi) is 2.52. The normalized spacial score (nSPS) is 10.4. The Balaban J connectivity index is 2.62. The van der Waals surface area contributed by atoms with Crippen LogP contribution in [0, 0.1) is 18.6 Å². The smallest absolute Gasteiger partial charge is 0.220 e. The van der Waals surface area contributed by atoms with E-state index >= 15 is 0 Å². The maximum atomic E-state index is 13.5. The van der Waals surface area contributed by atoms with Gasteiger partial charge < -0.3 is 5.73 Å². The lowest BCUT2D eigenvalue weighted by molar-refractivity contribution is 0.602. The summed E-state index contributed by atoms with van der Waals surface area (Å²) in [6.45, 7) is 1.71. The Hall–Kier alpha value is -2.04. The summed E-state index contributed by atoms with van der Waals surface area (Å²) in [5.41, 5.74) is 6.41. The molecule has 0 aliphatic heterocycles. The zero-order valence-electron chi connectivity index (χ0n) is 8.54. The van der Waals surface area contributed by atoms with Gasteiger partial charge in [0.1, 0.15) is 11.6 Å². The van der Waals surface area contributed by atoms with Gasteiger partial charge in [0.05, 0.1) is 5.69 Å². The molecule has 2 rings (SSSR count). The molecule has 82 valence electrons. The highest BCUT2D eigenvalue weighted by atomic mass is 19.1. The first-order chi connectivity index (χ1) is 7.56. The predicted molar refractivity (Wildman–Crippen MR) is 56.5 cm³/mol. The predicted octanol–water partition coefficient (Wildman–Crippen LogP) is 2.31. The quantitative estimate of drug-likeness (QED) is 0.803. The van der Waals surface area contributed by atoms with Gasteiger partial charge in [-0.15, -0.1) is 0 Å². The van der Waals surface area contributed by atoms with Gasteiger partial charge in [0, 0.05) is 11.3 Å². The first-order valence-electron chi connectivity index (χ1n) is 4.63. The first kappa shape index (κ1) is 10.5. The van der Waals surface area contributed by atoms with E-state index in [9.17, 15) is 8.78 Å². The van der Waals surface area contributed by atoms with Crippen LogP contribution in [0.15, 0.2) is 24.3 Å². The number of aryl methyl sites for hydroxylation is 1. The third kappa shape index (κ3) is 1.98. The van der Waals surface area contributed by atoms with E-state index in [4.69, 9.17) is 5.73 Å². The molecular formula is C11H9F2N3. The number of aromatic nitrogens is 2. The van der Waals surface area contributed by atoms with Gasteiger partial charge in [-0.05, 0) is 31.2 Å². The van der Waals surface area contributed by atoms with Gasteiger partial charge in [0.25, 0.3) is 0 Å². The molecule has 0 fully saturated rings. The van der Waals surface area contributed by atoms with E-state index in [1.54, 1.807) is 13.0 Å². The molecule has 5 heteroatoms. The second-order valence-corrected chi connectivity index (χ2v) is 3.38. The summed E-state index contributed by atoms with van der Waals surface area (Å²) in [6, 6.07) is 4.74.